The Bertz CT molecular complexity index is 1020. The molecule has 0 aromatic carbocycles. The minimum Gasteiger partial charge on any atom is -0.465 e. The number of anilines is 1. The quantitative estimate of drug-likeness (QED) is 0.597. The zero-order valence-electron chi connectivity index (χ0n) is 15.9. The van der Waals surface area contributed by atoms with Crippen LogP contribution < -0.4 is 11.1 Å². The Balaban J connectivity index is 1.66. The number of halogens is 1. The van der Waals surface area contributed by atoms with Gasteiger partial charge in [-0.05, 0) is 41.8 Å². The summed E-state index contributed by atoms with van der Waals surface area (Å²) in [4.78, 5) is 16.9. The number of nitrogens with zero attached hydrogens (tertiary/aromatic N) is 4. The van der Waals surface area contributed by atoms with Crippen molar-refractivity contribution in [1.29, 1.82) is 0 Å². The van der Waals surface area contributed by atoms with Crippen molar-refractivity contribution in [2.45, 2.75) is 31.7 Å². The van der Waals surface area contributed by atoms with Gasteiger partial charge in [-0.1, -0.05) is 0 Å². The predicted octanol–water partition coefficient (Wildman–Crippen LogP) is 2.48. The van der Waals surface area contributed by atoms with Crippen LogP contribution in [0, 0.1) is 0 Å². The van der Waals surface area contributed by atoms with E-state index >= 15 is 0 Å². The first kappa shape index (κ1) is 18.9. The number of esters is 1. The van der Waals surface area contributed by atoms with E-state index in [9.17, 15) is 4.79 Å². The van der Waals surface area contributed by atoms with Crippen molar-refractivity contribution in [3.05, 3.63) is 34.8 Å². The van der Waals surface area contributed by atoms with Crippen LogP contribution in [-0.2, 0) is 16.6 Å². The largest absolute Gasteiger partial charge is 0.465 e. The molecule has 0 radical (unpaired) electrons. The normalized spacial score (nSPS) is 19.8. The first-order chi connectivity index (χ1) is 13.5. The van der Waals surface area contributed by atoms with Crippen LogP contribution in [0.1, 0.15) is 31.4 Å². The zero-order chi connectivity index (χ0) is 19.8. The molecule has 1 fully saturated rings. The minimum absolute atomic E-state index is 0.144. The summed E-state index contributed by atoms with van der Waals surface area (Å²) in [6.07, 6.45) is 7.34. The SMILES string of the molecule is CCOC(=O)C1CCC(c2nc3c(-c4ccn(C)c4)cnn3c(N)c2Br)CN1. The van der Waals surface area contributed by atoms with E-state index in [-0.39, 0.29) is 17.9 Å². The maximum absolute atomic E-state index is 12.0. The second-order valence-electron chi connectivity index (χ2n) is 7.04. The smallest absolute Gasteiger partial charge is 0.323 e. The van der Waals surface area contributed by atoms with Crippen molar-refractivity contribution in [2.24, 2.45) is 7.05 Å². The van der Waals surface area contributed by atoms with Crippen LogP contribution >= 0.6 is 15.9 Å². The molecular weight excluding hydrogens is 424 g/mol. The van der Waals surface area contributed by atoms with Crippen LogP contribution in [0.2, 0.25) is 0 Å². The van der Waals surface area contributed by atoms with Crippen molar-refractivity contribution in [2.75, 3.05) is 18.9 Å². The van der Waals surface area contributed by atoms with Gasteiger partial charge in [0.05, 0.1) is 23.0 Å². The number of nitrogen functional groups attached to an aromatic ring is 1. The number of hydrogen-bond acceptors (Lipinski definition) is 6. The number of ether oxygens (including phenoxy) is 1. The lowest BCUT2D eigenvalue weighted by molar-refractivity contribution is -0.146. The lowest BCUT2D eigenvalue weighted by atomic mass is 9.91. The molecule has 148 valence electrons. The second kappa shape index (κ2) is 7.56. The Hall–Kier alpha value is -2.39. The van der Waals surface area contributed by atoms with Crippen molar-refractivity contribution in [3.63, 3.8) is 0 Å². The van der Waals surface area contributed by atoms with Gasteiger partial charge in [-0.15, -0.1) is 0 Å². The highest BCUT2D eigenvalue weighted by Crippen LogP contribution is 2.35. The molecule has 2 atom stereocenters. The molecule has 3 aromatic heterocycles. The molecule has 0 saturated carbocycles. The number of aromatic nitrogens is 4. The molecule has 3 N–H and O–H groups in total. The summed E-state index contributed by atoms with van der Waals surface area (Å²) >= 11 is 3.60. The standard InChI is InChI=1S/C19H23BrN6O2/c1-3-28-19(27)14-5-4-11(8-22-14)16-15(20)17(21)26-18(24-16)13(9-23-26)12-6-7-25(2)10-12/h6-7,9-11,14,22H,3-5,8,21H2,1-2H3. The fourth-order valence-corrected chi connectivity index (χ4v) is 4.26. The fourth-order valence-electron chi connectivity index (χ4n) is 3.68. The molecule has 4 heterocycles. The van der Waals surface area contributed by atoms with E-state index in [1.807, 2.05) is 37.0 Å². The average Bonchev–Trinajstić information content (AvgIpc) is 3.31. The Labute approximate surface area is 171 Å². The van der Waals surface area contributed by atoms with E-state index in [2.05, 4.69) is 26.3 Å². The third kappa shape index (κ3) is 3.29. The second-order valence-corrected chi connectivity index (χ2v) is 7.84. The molecule has 1 saturated heterocycles. The van der Waals surface area contributed by atoms with Crippen LogP contribution in [0.3, 0.4) is 0 Å². The summed E-state index contributed by atoms with van der Waals surface area (Å²) in [6, 6.07) is 1.77. The van der Waals surface area contributed by atoms with Crippen LogP contribution in [0.25, 0.3) is 16.8 Å². The number of hydrogen-bond donors (Lipinski definition) is 2. The fraction of sp³-hybridized carbons (Fsp3) is 0.421. The maximum Gasteiger partial charge on any atom is 0.323 e. The third-order valence-electron chi connectivity index (χ3n) is 5.16. The Morgan fingerprint density at radius 2 is 2.29 bits per heavy atom. The first-order valence-electron chi connectivity index (χ1n) is 9.34. The van der Waals surface area contributed by atoms with Crippen LogP contribution in [0.15, 0.2) is 29.1 Å². The predicted molar refractivity (Wildman–Crippen MR) is 110 cm³/mol. The van der Waals surface area contributed by atoms with Gasteiger partial charge in [-0.2, -0.15) is 9.61 Å². The number of rotatable bonds is 4. The van der Waals surface area contributed by atoms with Gasteiger partial charge in [0.1, 0.15) is 11.9 Å². The van der Waals surface area contributed by atoms with Crippen molar-refractivity contribution in [3.8, 4) is 11.1 Å². The monoisotopic (exact) mass is 446 g/mol. The topological polar surface area (TPSA) is 99.5 Å². The molecule has 3 aromatic rings. The van der Waals surface area contributed by atoms with E-state index in [0.717, 1.165) is 33.4 Å². The van der Waals surface area contributed by atoms with Gasteiger partial charge in [0.15, 0.2) is 5.65 Å². The number of aryl methyl sites for hydroxylation is 1. The summed E-state index contributed by atoms with van der Waals surface area (Å²) in [6.45, 7) is 2.85. The molecule has 1 aliphatic rings. The molecule has 28 heavy (non-hydrogen) atoms. The number of piperidine rings is 1. The molecule has 0 aliphatic carbocycles. The summed E-state index contributed by atoms with van der Waals surface area (Å²) in [5.41, 5.74) is 9.95. The van der Waals surface area contributed by atoms with Crippen molar-refractivity contribution >= 4 is 33.4 Å². The third-order valence-corrected chi connectivity index (χ3v) is 5.98. The summed E-state index contributed by atoms with van der Waals surface area (Å²) in [5, 5.41) is 7.71. The molecule has 9 heteroatoms. The highest BCUT2D eigenvalue weighted by atomic mass is 79.9. The lowest BCUT2D eigenvalue weighted by Gasteiger charge is -2.29. The zero-order valence-corrected chi connectivity index (χ0v) is 17.4. The van der Waals surface area contributed by atoms with Gasteiger partial charge in [-0.25, -0.2) is 4.98 Å². The first-order valence-corrected chi connectivity index (χ1v) is 10.1. The van der Waals surface area contributed by atoms with E-state index in [4.69, 9.17) is 15.5 Å². The summed E-state index contributed by atoms with van der Waals surface area (Å²) in [5.74, 6) is 0.477. The van der Waals surface area contributed by atoms with Crippen molar-refractivity contribution in [1.82, 2.24) is 24.5 Å². The van der Waals surface area contributed by atoms with Gasteiger partial charge in [0.25, 0.3) is 0 Å². The highest BCUT2D eigenvalue weighted by molar-refractivity contribution is 9.10. The molecule has 2 unspecified atom stereocenters. The van der Waals surface area contributed by atoms with E-state index < -0.39 is 0 Å². The lowest BCUT2D eigenvalue weighted by Crippen LogP contribution is -2.44. The highest BCUT2D eigenvalue weighted by Gasteiger charge is 2.30. The Morgan fingerprint density at radius 3 is 2.93 bits per heavy atom. The minimum atomic E-state index is -0.258. The van der Waals surface area contributed by atoms with Crippen LogP contribution in [-0.4, -0.2) is 44.3 Å². The maximum atomic E-state index is 12.0. The van der Waals surface area contributed by atoms with E-state index in [1.165, 1.54) is 0 Å². The molecule has 4 rings (SSSR count). The van der Waals surface area contributed by atoms with Crippen molar-refractivity contribution < 1.29 is 9.53 Å². The van der Waals surface area contributed by atoms with Gasteiger partial charge in [0.2, 0.25) is 0 Å². The molecule has 0 amide bonds. The van der Waals surface area contributed by atoms with Gasteiger partial charge in [-0.3, -0.25) is 4.79 Å². The molecule has 1 aliphatic heterocycles. The van der Waals surface area contributed by atoms with E-state index in [0.29, 0.717) is 25.4 Å². The summed E-state index contributed by atoms with van der Waals surface area (Å²) < 4.78 is 9.52. The molecule has 8 nitrogen and oxygen atoms in total. The van der Waals surface area contributed by atoms with Crippen LogP contribution in [0.4, 0.5) is 5.82 Å². The summed E-state index contributed by atoms with van der Waals surface area (Å²) in [7, 11) is 1.98. The number of fused-ring (bicyclic) bond motifs is 1. The Morgan fingerprint density at radius 1 is 1.46 bits per heavy atom. The van der Waals surface area contributed by atoms with Gasteiger partial charge in [0, 0.05) is 43.0 Å². The number of nitrogens with two attached hydrogens (primary N) is 1. The number of nitrogens with one attached hydrogen (secondary N) is 1. The Kier molecular flexibility index (Phi) is 5.11. The van der Waals surface area contributed by atoms with Gasteiger partial charge >= 0.3 is 5.97 Å². The molecule has 0 bridgehead atoms. The number of carbonyl (C=O) groups is 1. The van der Waals surface area contributed by atoms with Gasteiger partial charge < -0.3 is 20.4 Å². The average molecular weight is 447 g/mol. The molecule has 0 spiro atoms. The van der Waals surface area contributed by atoms with Crippen LogP contribution in [0.5, 0.6) is 0 Å². The number of carbonyl (C=O) groups excluding carboxylic acids is 1. The molecular formula is C19H23BrN6O2. The van der Waals surface area contributed by atoms with E-state index in [1.54, 1.807) is 10.7 Å².